The number of carbonyl (C=O) groups is 3. The highest BCUT2D eigenvalue weighted by atomic mass is 32.1. The molecule has 1 unspecified atom stereocenters. The highest BCUT2D eigenvalue weighted by Crippen LogP contribution is 2.07. The van der Waals surface area contributed by atoms with Crippen LogP contribution >= 0.6 is 12.9 Å². The van der Waals surface area contributed by atoms with Crippen molar-refractivity contribution in [2.75, 3.05) is 0 Å². The van der Waals surface area contributed by atoms with Crippen LogP contribution in [0.25, 0.3) is 0 Å². The van der Waals surface area contributed by atoms with Crippen LogP contribution < -0.4 is 5.32 Å². The molecule has 2 aromatic rings. The van der Waals surface area contributed by atoms with E-state index in [0.717, 1.165) is 0 Å². The summed E-state index contributed by atoms with van der Waals surface area (Å²) in [6, 6.07) is 15.0. The third-order valence-electron chi connectivity index (χ3n) is 2.96. The Labute approximate surface area is 132 Å². The Morgan fingerprint density at radius 3 is 1.86 bits per heavy atom. The molecular weight excluding hydrogens is 302 g/mol. The molecule has 0 saturated heterocycles. The Bertz CT molecular complexity index is 673. The second-order valence-electron chi connectivity index (χ2n) is 4.41. The van der Waals surface area contributed by atoms with Gasteiger partial charge in [-0.15, -0.1) is 0 Å². The van der Waals surface area contributed by atoms with Gasteiger partial charge in [-0.05, 0) is 12.1 Å². The molecule has 2 rings (SSSR count). The van der Waals surface area contributed by atoms with E-state index in [1.54, 1.807) is 60.7 Å². The molecule has 0 saturated carbocycles. The van der Waals surface area contributed by atoms with Crippen molar-refractivity contribution in [2.24, 2.45) is 0 Å². The molecule has 1 amide bonds. The summed E-state index contributed by atoms with van der Waals surface area (Å²) in [6.45, 7) is 0. The molecule has 22 heavy (non-hydrogen) atoms. The van der Waals surface area contributed by atoms with Gasteiger partial charge in [0.05, 0.1) is 0 Å². The van der Waals surface area contributed by atoms with Gasteiger partial charge in [-0.25, -0.2) is 4.79 Å². The van der Waals surface area contributed by atoms with Crippen LogP contribution in [-0.2, 0) is 8.98 Å². The Hall–Kier alpha value is -2.60. The highest BCUT2D eigenvalue weighted by molar-refractivity contribution is 7.75. The fourth-order valence-corrected chi connectivity index (χ4v) is 1.96. The van der Waals surface area contributed by atoms with Gasteiger partial charge in [-0.2, -0.15) is 0 Å². The summed E-state index contributed by atoms with van der Waals surface area (Å²) in [6.07, 6.45) is 0. The van der Waals surface area contributed by atoms with E-state index >= 15 is 0 Å². The molecule has 1 atom stereocenters. The molecule has 0 aliphatic rings. The molecule has 0 bridgehead atoms. The first kappa shape index (κ1) is 15.8. The molecule has 2 aromatic carbocycles. The van der Waals surface area contributed by atoms with E-state index in [4.69, 9.17) is 0 Å². The van der Waals surface area contributed by atoms with Gasteiger partial charge in [-0.3, -0.25) is 9.59 Å². The number of hydrogen-bond acceptors (Lipinski definition) is 5. The van der Waals surface area contributed by atoms with E-state index < -0.39 is 23.7 Å². The fraction of sp³-hybridized carbons (Fsp3) is 0.0625. The van der Waals surface area contributed by atoms with Crippen LogP contribution in [-0.4, -0.2) is 23.7 Å². The molecule has 5 nitrogen and oxygen atoms in total. The first-order valence-electron chi connectivity index (χ1n) is 6.44. The van der Waals surface area contributed by atoms with Crippen LogP contribution in [0.5, 0.6) is 0 Å². The monoisotopic (exact) mass is 315 g/mol. The molecule has 0 fully saturated rings. The molecule has 0 heterocycles. The van der Waals surface area contributed by atoms with E-state index in [1.165, 1.54) is 0 Å². The minimum absolute atomic E-state index is 0.291. The number of Topliss-reactive ketones (excluding diaryl/α,β-unsaturated/α-hetero) is 1. The number of benzene rings is 2. The van der Waals surface area contributed by atoms with Gasteiger partial charge in [0.1, 0.15) is 0 Å². The minimum atomic E-state index is -1.45. The van der Waals surface area contributed by atoms with Gasteiger partial charge < -0.3 is 9.50 Å². The maximum atomic E-state index is 12.4. The molecule has 0 radical (unpaired) electrons. The van der Waals surface area contributed by atoms with E-state index in [1.807, 2.05) is 0 Å². The Kier molecular flexibility index (Phi) is 5.32. The molecule has 0 aliphatic carbocycles. The predicted molar refractivity (Wildman–Crippen MR) is 83.5 cm³/mol. The van der Waals surface area contributed by atoms with Gasteiger partial charge in [0, 0.05) is 24.0 Å². The van der Waals surface area contributed by atoms with Gasteiger partial charge in [0.25, 0.3) is 5.91 Å². The predicted octanol–water partition coefficient (Wildman–Crippen LogP) is 2.06. The third-order valence-corrected chi connectivity index (χ3v) is 3.14. The van der Waals surface area contributed by atoms with Crippen molar-refractivity contribution < 1.29 is 18.6 Å². The lowest BCUT2D eigenvalue weighted by Gasteiger charge is -2.15. The maximum absolute atomic E-state index is 12.4. The van der Waals surface area contributed by atoms with Gasteiger partial charge in [0.2, 0.25) is 0 Å². The van der Waals surface area contributed by atoms with Crippen molar-refractivity contribution >= 4 is 30.6 Å². The Morgan fingerprint density at radius 1 is 0.864 bits per heavy atom. The average Bonchev–Trinajstić information content (AvgIpc) is 2.59. The van der Waals surface area contributed by atoms with Crippen LogP contribution in [0.15, 0.2) is 60.7 Å². The number of nitrogens with one attached hydrogen (secondary N) is 1. The highest BCUT2D eigenvalue weighted by Gasteiger charge is 2.30. The van der Waals surface area contributed by atoms with Gasteiger partial charge in [0.15, 0.2) is 11.8 Å². The maximum Gasteiger partial charge on any atom is 0.348 e. The number of amides is 1. The summed E-state index contributed by atoms with van der Waals surface area (Å²) in [5, 5.41) is 2.37. The molecule has 0 aliphatic heterocycles. The fourth-order valence-electron chi connectivity index (χ4n) is 1.86. The van der Waals surface area contributed by atoms with E-state index in [9.17, 15) is 14.4 Å². The van der Waals surface area contributed by atoms with Crippen LogP contribution in [0, 0.1) is 0 Å². The van der Waals surface area contributed by atoms with Gasteiger partial charge in [-0.1, -0.05) is 48.5 Å². The Morgan fingerprint density at radius 2 is 1.36 bits per heavy atom. The molecular formula is C16H13NO4S. The van der Waals surface area contributed by atoms with E-state index in [-0.39, 0.29) is 0 Å². The molecule has 1 N–H and O–H groups in total. The lowest BCUT2D eigenvalue weighted by Crippen LogP contribution is -2.46. The summed E-state index contributed by atoms with van der Waals surface area (Å²) in [4.78, 5) is 36.2. The van der Waals surface area contributed by atoms with E-state index in [2.05, 4.69) is 22.4 Å². The zero-order chi connectivity index (χ0) is 15.9. The summed E-state index contributed by atoms with van der Waals surface area (Å²) in [5.74, 6) is -2.06. The normalized spacial score (nSPS) is 11.3. The smallest absolute Gasteiger partial charge is 0.348 e. The molecule has 6 heteroatoms. The zero-order valence-corrected chi connectivity index (χ0v) is 12.3. The van der Waals surface area contributed by atoms with Gasteiger partial charge >= 0.3 is 5.97 Å². The van der Waals surface area contributed by atoms with Crippen molar-refractivity contribution in [1.29, 1.82) is 0 Å². The van der Waals surface area contributed by atoms with Crippen molar-refractivity contribution in [3.8, 4) is 0 Å². The summed E-state index contributed by atoms with van der Waals surface area (Å²) in [7, 11) is 0. The SMILES string of the molecule is O=C(NC(C(=O)OS)C(=O)c1ccccc1)c1ccccc1. The largest absolute Gasteiger partial charge is 0.393 e. The number of carbonyl (C=O) groups excluding carboxylic acids is 3. The summed E-state index contributed by atoms with van der Waals surface area (Å²) >= 11 is 3.42. The summed E-state index contributed by atoms with van der Waals surface area (Å²) in [5.41, 5.74) is 0.625. The van der Waals surface area contributed by atoms with E-state index in [0.29, 0.717) is 11.1 Å². The second-order valence-corrected chi connectivity index (χ2v) is 4.60. The van der Waals surface area contributed by atoms with Crippen LogP contribution in [0.1, 0.15) is 20.7 Å². The van der Waals surface area contributed by atoms with Crippen LogP contribution in [0.3, 0.4) is 0 Å². The van der Waals surface area contributed by atoms with Crippen molar-refractivity contribution in [2.45, 2.75) is 6.04 Å². The van der Waals surface area contributed by atoms with Crippen molar-refractivity contribution in [1.82, 2.24) is 5.32 Å². The van der Waals surface area contributed by atoms with Crippen LogP contribution in [0.4, 0.5) is 0 Å². The molecule has 0 spiro atoms. The molecule has 112 valence electrons. The quantitative estimate of drug-likeness (QED) is 0.383. The number of rotatable bonds is 5. The molecule has 0 aromatic heterocycles. The zero-order valence-electron chi connectivity index (χ0n) is 11.4. The number of hydrogen-bond donors (Lipinski definition) is 2. The average molecular weight is 315 g/mol. The summed E-state index contributed by atoms with van der Waals surface area (Å²) < 4.78 is 4.31. The third kappa shape index (κ3) is 3.73. The topological polar surface area (TPSA) is 72.5 Å². The lowest BCUT2D eigenvalue weighted by atomic mass is 10.0. The van der Waals surface area contributed by atoms with Crippen molar-refractivity contribution in [3.05, 3.63) is 71.8 Å². The van der Waals surface area contributed by atoms with Crippen LogP contribution in [0.2, 0.25) is 0 Å². The van der Waals surface area contributed by atoms with Crippen molar-refractivity contribution in [3.63, 3.8) is 0 Å². The first-order valence-corrected chi connectivity index (χ1v) is 6.80. The second kappa shape index (κ2) is 7.42. The number of ketones is 1. The Balaban J connectivity index is 2.22. The minimum Gasteiger partial charge on any atom is -0.393 e. The first-order chi connectivity index (χ1) is 10.6. The number of thiol groups is 1. The lowest BCUT2D eigenvalue weighted by molar-refractivity contribution is -0.133. The standard InChI is InChI=1S/C16H13NO4S/c18-14(11-7-3-1-4-8-11)13(16(20)21-22)17-15(19)12-9-5-2-6-10-12/h1-10,13,22H,(H,17,19).